The van der Waals surface area contributed by atoms with Crippen LogP contribution in [0.25, 0.3) is 0 Å². The summed E-state index contributed by atoms with van der Waals surface area (Å²) in [4.78, 5) is 0.806. The van der Waals surface area contributed by atoms with E-state index in [0.717, 1.165) is 27.9 Å². The van der Waals surface area contributed by atoms with Crippen LogP contribution in [0.3, 0.4) is 0 Å². The first-order chi connectivity index (χ1) is 9.93. The first kappa shape index (κ1) is 17.2. The molecule has 1 nitrogen and oxygen atoms in total. The lowest BCUT2D eigenvalue weighted by Gasteiger charge is -2.18. The van der Waals surface area contributed by atoms with E-state index in [0.29, 0.717) is 10.9 Å². The molecule has 1 heterocycles. The maximum absolute atomic E-state index is 14.2. The summed E-state index contributed by atoms with van der Waals surface area (Å²) in [5.74, 6) is -1.19. The topological polar surface area (TPSA) is 12.0 Å². The van der Waals surface area contributed by atoms with Crippen molar-refractivity contribution in [3.63, 3.8) is 0 Å². The Bertz CT molecular complexity index is 629. The van der Waals surface area contributed by atoms with Crippen molar-refractivity contribution in [2.24, 2.45) is 0 Å². The van der Waals surface area contributed by atoms with Crippen LogP contribution in [0.2, 0.25) is 9.36 Å². The van der Waals surface area contributed by atoms with Crippen LogP contribution in [0.5, 0.6) is 0 Å². The molecule has 2 aromatic rings. The van der Waals surface area contributed by atoms with Gasteiger partial charge in [0.1, 0.15) is 16.0 Å². The van der Waals surface area contributed by atoms with E-state index in [1.165, 1.54) is 11.3 Å². The van der Waals surface area contributed by atoms with Crippen LogP contribution >= 0.6 is 50.5 Å². The molecule has 0 bridgehead atoms. The lowest BCUT2D eigenvalue weighted by molar-refractivity contribution is 0.539. The van der Waals surface area contributed by atoms with E-state index < -0.39 is 17.7 Å². The first-order valence-electron chi connectivity index (χ1n) is 6.26. The van der Waals surface area contributed by atoms with Gasteiger partial charge in [-0.3, -0.25) is 0 Å². The Morgan fingerprint density at radius 1 is 1.24 bits per heavy atom. The molecule has 0 aliphatic heterocycles. The number of benzene rings is 1. The Balaban J connectivity index is 2.47. The third kappa shape index (κ3) is 3.96. The Morgan fingerprint density at radius 3 is 2.52 bits per heavy atom. The van der Waals surface area contributed by atoms with Gasteiger partial charge in [-0.1, -0.05) is 30.1 Å². The second-order valence-corrected chi connectivity index (χ2v) is 7.39. The molecule has 7 heteroatoms. The molecule has 21 heavy (non-hydrogen) atoms. The summed E-state index contributed by atoms with van der Waals surface area (Å²) >= 11 is 16.3. The largest absolute Gasteiger partial charge is 0.306 e. The predicted molar refractivity (Wildman–Crippen MR) is 88.5 cm³/mol. The summed E-state index contributed by atoms with van der Waals surface area (Å²) in [7, 11) is 0. The van der Waals surface area contributed by atoms with Gasteiger partial charge in [0.05, 0.1) is 11.1 Å². The van der Waals surface area contributed by atoms with Crippen molar-refractivity contribution in [1.82, 2.24) is 5.32 Å². The smallest absolute Gasteiger partial charge is 0.142 e. The van der Waals surface area contributed by atoms with Gasteiger partial charge in [0.25, 0.3) is 0 Å². The summed E-state index contributed by atoms with van der Waals surface area (Å²) in [6, 6.07) is 3.47. The van der Waals surface area contributed by atoms with Gasteiger partial charge in [0, 0.05) is 14.9 Å². The summed E-state index contributed by atoms with van der Waals surface area (Å²) in [6.07, 6.45) is 0.870. The Labute approximate surface area is 144 Å². The number of hydrogen-bond acceptors (Lipinski definition) is 2. The van der Waals surface area contributed by atoms with Crippen molar-refractivity contribution in [3.8, 4) is 0 Å². The highest BCUT2D eigenvalue weighted by atomic mass is 79.9. The molecule has 0 aliphatic carbocycles. The van der Waals surface area contributed by atoms with Crippen molar-refractivity contribution < 1.29 is 8.78 Å². The van der Waals surface area contributed by atoms with Gasteiger partial charge in [-0.05, 0) is 47.1 Å². The molecule has 1 aromatic heterocycles. The van der Waals surface area contributed by atoms with Crippen LogP contribution in [-0.2, 0) is 0 Å². The average molecular weight is 415 g/mol. The summed E-state index contributed by atoms with van der Waals surface area (Å²) < 4.78 is 29.2. The monoisotopic (exact) mass is 413 g/mol. The zero-order chi connectivity index (χ0) is 15.6. The molecule has 1 N–H and O–H groups in total. The highest BCUT2D eigenvalue weighted by Gasteiger charge is 2.22. The highest BCUT2D eigenvalue weighted by Crippen LogP contribution is 2.38. The van der Waals surface area contributed by atoms with Crippen LogP contribution in [0.1, 0.15) is 29.8 Å². The van der Waals surface area contributed by atoms with Gasteiger partial charge in [0.2, 0.25) is 0 Å². The second kappa shape index (κ2) is 7.38. The number of rotatable bonds is 5. The van der Waals surface area contributed by atoms with Crippen molar-refractivity contribution in [2.75, 3.05) is 6.54 Å². The van der Waals surface area contributed by atoms with Crippen LogP contribution in [0, 0.1) is 11.6 Å². The fourth-order valence-electron chi connectivity index (χ4n) is 1.92. The fraction of sp³-hybridized carbons (Fsp3) is 0.286. The Hall–Kier alpha value is -0.200. The minimum Gasteiger partial charge on any atom is -0.306 e. The molecular weight excluding hydrogens is 403 g/mol. The lowest BCUT2D eigenvalue weighted by Crippen LogP contribution is -2.23. The molecule has 0 saturated carbocycles. The van der Waals surface area contributed by atoms with E-state index in [-0.39, 0.29) is 10.6 Å². The van der Waals surface area contributed by atoms with Crippen LogP contribution < -0.4 is 5.32 Å². The SMILES string of the molecule is CCCNC(c1cc(Br)c(Cl)s1)c1cc(F)c(Cl)cc1F. The number of thiophene rings is 1. The van der Waals surface area contributed by atoms with E-state index in [9.17, 15) is 8.78 Å². The van der Waals surface area contributed by atoms with Crippen molar-refractivity contribution in [2.45, 2.75) is 19.4 Å². The van der Waals surface area contributed by atoms with E-state index in [1.807, 2.05) is 13.0 Å². The van der Waals surface area contributed by atoms with Gasteiger partial charge < -0.3 is 5.32 Å². The Morgan fingerprint density at radius 2 is 1.95 bits per heavy atom. The molecule has 0 aliphatic rings. The van der Waals surface area contributed by atoms with E-state index >= 15 is 0 Å². The van der Waals surface area contributed by atoms with E-state index in [4.69, 9.17) is 23.2 Å². The molecule has 0 fully saturated rings. The van der Waals surface area contributed by atoms with Gasteiger partial charge in [-0.25, -0.2) is 8.78 Å². The molecule has 0 radical (unpaired) electrons. The Kier molecular flexibility index (Phi) is 6.03. The molecular formula is C14H12BrCl2F2NS. The van der Waals surface area contributed by atoms with Crippen molar-refractivity contribution in [3.05, 3.63) is 54.1 Å². The number of hydrogen-bond donors (Lipinski definition) is 1. The summed E-state index contributed by atoms with van der Waals surface area (Å²) in [5, 5.41) is 2.99. The van der Waals surface area contributed by atoms with Gasteiger partial charge in [-0.15, -0.1) is 11.3 Å². The zero-order valence-electron chi connectivity index (χ0n) is 11.0. The van der Waals surface area contributed by atoms with Crippen LogP contribution in [0.4, 0.5) is 8.78 Å². The fourth-order valence-corrected chi connectivity index (χ4v) is 3.90. The molecule has 1 aromatic carbocycles. The molecule has 0 amide bonds. The second-order valence-electron chi connectivity index (χ2n) is 4.45. The quantitative estimate of drug-likeness (QED) is 0.575. The van der Waals surface area contributed by atoms with Crippen molar-refractivity contribution >= 4 is 50.5 Å². The number of halogens is 5. The van der Waals surface area contributed by atoms with E-state index in [1.54, 1.807) is 0 Å². The molecule has 1 unspecified atom stereocenters. The predicted octanol–water partition coefficient (Wildman–Crippen LogP) is 6.18. The van der Waals surface area contributed by atoms with E-state index in [2.05, 4.69) is 21.2 Å². The third-order valence-electron chi connectivity index (χ3n) is 2.90. The average Bonchev–Trinajstić information content (AvgIpc) is 2.75. The molecule has 2 rings (SSSR count). The standard InChI is InChI=1S/C14H12BrCl2F2NS/c1-2-3-20-13(12-5-8(15)14(17)21-12)7-4-11(19)9(16)6-10(7)18/h4-6,13,20H,2-3H2,1H3. The van der Waals surface area contributed by atoms with Crippen LogP contribution in [-0.4, -0.2) is 6.54 Å². The maximum Gasteiger partial charge on any atom is 0.142 e. The maximum atomic E-state index is 14.2. The molecule has 0 spiro atoms. The molecule has 1 atom stereocenters. The van der Waals surface area contributed by atoms with Crippen molar-refractivity contribution in [1.29, 1.82) is 0 Å². The minimum absolute atomic E-state index is 0.218. The summed E-state index contributed by atoms with van der Waals surface area (Å²) in [6.45, 7) is 2.67. The zero-order valence-corrected chi connectivity index (χ0v) is 14.9. The lowest BCUT2D eigenvalue weighted by atomic mass is 10.0. The van der Waals surface area contributed by atoms with Gasteiger partial charge >= 0.3 is 0 Å². The normalized spacial score (nSPS) is 12.7. The number of nitrogens with one attached hydrogen (secondary N) is 1. The summed E-state index contributed by atoms with van der Waals surface area (Å²) in [5.41, 5.74) is 0.218. The minimum atomic E-state index is -0.641. The molecule has 114 valence electrons. The van der Waals surface area contributed by atoms with Gasteiger partial charge in [0.15, 0.2) is 0 Å². The first-order valence-corrected chi connectivity index (χ1v) is 8.63. The third-order valence-corrected chi connectivity index (χ3v) is 5.73. The van der Waals surface area contributed by atoms with Gasteiger partial charge in [-0.2, -0.15) is 0 Å². The van der Waals surface area contributed by atoms with Crippen LogP contribution in [0.15, 0.2) is 22.7 Å². The highest BCUT2D eigenvalue weighted by molar-refractivity contribution is 9.10. The molecule has 0 saturated heterocycles.